The van der Waals surface area contributed by atoms with E-state index < -0.39 is 0 Å². The van der Waals surface area contributed by atoms with Gasteiger partial charge in [-0.1, -0.05) is 59.9 Å². The van der Waals surface area contributed by atoms with E-state index >= 15 is 0 Å². The van der Waals surface area contributed by atoms with Crippen LogP contribution in [0.3, 0.4) is 0 Å². The summed E-state index contributed by atoms with van der Waals surface area (Å²) in [5, 5.41) is 17.1. The minimum absolute atomic E-state index is 0.760. The highest BCUT2D eigenvalue weighted by Gasteiger charge is 2.21. The highest BCUT2D eigenvalue weighted by Crippen LogP contribution is 2.41. The van der Waals surface area contributed by atoms with E-state index in [0.717, 1.165) is 74.6 Å². The van der Waals surface area contributed by atoms with Crippen LogP contribution in [0.4, 0.5) is 10.8 Å². The molecular formula is C25H23N6OS3+. The van der Waals surface area contributed by atoms with Gasteiger partial charge in [-0.25, -0.2) is 9.97 Å². The Morgan fingerprint density at radius 2 is 1.71 bits per heavy atom. The molecule has 10 heteroatoms. The molecule has 1 saturated heterocycles. The molecule has 0 amide bonds. The Balaban J connectivity index is 1.35. The number of anilines is 2. The molecule has 0 aliphatic carbocycles. The number of nitrogens with one attached hydrogen (secondary N) is 2. The van der Waals surface area contributed by atoms with Crippen molar-refractivity contribution in [1.29, 1.82) is 0 Å². The Morgan fingerprint density at radius 1 is 0.943 bits per heavy atom. The van der Waals surface area contributed by atoms with Gasteiger partial charge in [0, 0.05) is 16.6 Å². The molecule has 0 bridgehead atoms. The normalized spacial score (nSPS) is 14.4. The molecule has 35 heavy (non-hydrogen) atoms. The lowest BCUT2D eigenvalue weighted by molar-refractivity contribution is -0.922. The fourth-order valence-corrected chi connectivity index (χ4v) is 6.90. The molecule has 4 heterocycles. The van der Waals surface area contributed by atoms with Crippen LogP contribution >= 0.6 is 34.4 Å². The number of aromatic nitrogens is 4. The third kappa shape index (κ3) is 5.21. The lowest BCUT2D eigenvalue weighted by Crippen LogP contribution is -3.12. The second kappa shape index (κ2) is 10.4. The SMILES string of the molecule is c1ccc(Nc2nnc(Sc3nc(C[NH+]4CCOCC4)nc4scc(-c5ccccc5)c34)s2)cc1. The summed E-state index contributed by atoms with van der Waals surface area (Å²) in [5.41, 5.74) is 3.31. The molecule has 2 N–H and O–H groups in total. The number of quaternary nitrogens is 1. The number of thiophene rings is 1. The third-order valence-corrected chi connectivity index (χ3v) is 8.51. The quantitative estimate of drug-likeness (QED) is 0.306. The van der Waals surface area contributed by atoms with Crippen molar-refractivity contribution in [2.24, 2.45) is 0 Å². The Labute approximate surface area is 215 Å². The van der Waals surface area contributed by atoms with Gasteiger partial charge in [0.25, 0.3) is 0 Å². The Hall–Kier alpha value is -2.89. The van der Waals surface area contributed by atoms with Crippen molar-refractivity contribution in [3.8, 4) is 11.1 Å². The van der Waals surface area contributed by atoms with Gasteiger partial charge in [0.05, 0.1) is 18.6 Å². The molecule has 0 saturated carbocycles. The van der Waals surface area contributed by atoms with Crippen molar-refractivity contribution in [1.82, 2.24) is 20.2 Å². The van der Waals surface area contributed by atoms with E-state index in [2.05, 4.69) is 45.2 Å². The maximum Gasteiger partial charge on any atom is 0.210 e. The lowest BCUT2D eigenvalue weighted by Gasteiger charge is -2.23. The van der Waals surface area contributed by atoms with Crippen molar-refractivity contribution in [3.63, 3.8) is 0 Å². The first-order chi connectivity index (χ1) is 17.3. The predicted octanol–water partition coefficient (Wildman–Crippen LogP) is 4.52. The average Bonchev–Trinajstić information content (AvgIpc) is 3.53. The molecule has 0 atom stereocenters. The van der Waals surface area contributed by atoms with Crippen molar-refractivity contribution in [3.05, 3.63) is 71.9 Å². The fourth-order valence-electron chi connectivity index (χ4n) is 4.02. The van der Waals surface area contributed by atoms with Gasteiger partial charge in [-0.15, -0.1) is 21.5 Å². The van der Waals surface area contributed by atoms with Crippen molar-refractivity contribution in [2.75, 3.05) is 31.6 Å². The average molecular weight is 520 g/mol. The first kappa shape index (κ1) is 22.6. The third-order valence-electron chi connectivity index (χ3n) is 5.75. The molecule has 5 aromatic rings. The molecule has 6 rings (SSSR count). The van der Waals surface area contributed by atoms with E-state index in [1.165, 1.54) is 21.8 Å². The number of nitrogens with zero attached hydrogens (tertiary/aromatic N) is 4. The lowest BCUT2D eigenvalue weighted by atomic mass is 10.1. The van der Waals surface area contributed by atoms with E-state index in [1.54, 1.807) is 23.1 Å². The maximum absolute atomic E-state index is 5.52. The van der Waals surface area contributed by atoms with Gasteiger partial charge >= 0.3 is 0 Å². The summed E-state index contributed by atoms with van der Waals surface area (Å²) >= 11 is 4.77. The highest BCUT2D eigenvalue weighted by molar-refractivity contribution is 8.01. The standard InChI is InChI=1S/C25H22N6OS3/c1-3-7-17(8-4-1)19-16-33-22-21(19)23(28-20(27-22)15-31-11-13-32-14-12-31)34-25-30-29-24(35-25)26-18-9-5-2-6-10-18/h1-10,16H,11-15H2,(H,26,29)/p+1. The van der Waals surface area contributed by atoms with E-state index in [-0.39, 0.29) is 0 Å². The Kier molecular flexibility index (Phi) is 6.70. The number of hydrogen-bond donors (Lipinski definition) is 2. The van der Waals surface area contributed by atoms with Gasteiger partial charge in [-0.2, -0.15) is 0 Å². The molecule has 0 unspecified atom stereocenters. The second-order valence-corrected chi connectivity index (χ2v) is 11.2. The maximum atomic E-state index is 5.52. The van der Waals surface area contributed by atoms with Crippen LogP contribution in [-0.2, 0) is 11.3 Å². The summed E-state index contributed by atoms with van der Waals surface area (Å²) in [7, 11) is 0. The molecule has 1 aliphatic heterocycles. The zero-order valence-electron chi connectivity index (χ0n) is 18.8. The number of hydrogen-bond acceptors (Lipinski definition) is 9. The smallest absolute Gasteiger partial charge is 0.210 e. The number of morpholine rings is 1. The van der Waals surface area contributed by atoms with Crippen molar-refractivity contribution >= 4 is 55.5 Å². The van der Waals surface area contributed by atoms with Crippen molar-refractivity contribution in [2.45, 2.75) is 15.9 Å². The van der Waals surface area contributed by atoms with Crippen LogP contribution in [0.5, 0.6) is 0 Å². The van der Waals surface area contributed by atoms with E-state index in [9.17, 15) is 0 Å². The van der Waals surface area contributed by atoms with Crippen LogP contribution in [0, 0.1) is 0 Å². The molecule has 176 valence electrons. The summed E-state index contributed by atoms with van der Waals surface area (Å²) in [6, 6.07) is 20.4. The van der Waals surface area contributed by atoms with E-state index in [4.69, 9.17) is 14.7 Å². The fraction of sp³-hybridized carbons (Fsp3) is 0.200. The number of fused-ring (bicyclic) bond motifs is 1. The van der Waals surface area contributed by atoms with Crippen LogP contribution in [-0.4, -0.2) is 46.5 Å². The Morgan fingerprint density at radius 3 is 2.51 bits per heavy atom. The topological polar surface area (TPSA) is 77.3 Å². The van der Waals surface area contributed by atoms with Crippen LogP contribution in [0.1, 0.15) is 5.82 Å². The predicted molar refractivity (Wildman–Crippen MR) is 142 cm³/mol. The van der Waals surface area contributed by atoms with Crippen LogP contribution < -0.4 is 10.2 Å². The molecule has 1 fully saturated rings. The largest absolute Gasteiger partial charge is 0.370 e. The van der Waals surface area contributed by atoms with Gasteiger partial charge in [0.2, 0.25) is 5.13 Å². The zero-order chi connectivity index (χ0) is 23.5. The van der Waals surface area contributed by atoms with Gasteiger partial charge in [-0.05, 0) is 29.5 Å². The Bertz CT molecular complexity index is 1420. The van der Waals surface area contributed by atoms with Crippen LogP contribution in [0.15, 0.2) is 75.4 Å². The molecule has 0 radical (unpaired) electrons. The molecule has 3 aromatic heterocycles. The molecule has 2 aromatic carbocycles. The monoisotopic (exact) mass is 519 g/mol. The first-order valence-corrected chi connectivity index (χ1v) is 13.9. The molecule has 7 nitrogen and oxygen atoms in total. The number of benzene rings is 2. The van der Waals surface area contributed by atoms with Gasteiger partial charge in [0.15, 0.2) is 10.2 Å². The van der Waals surface area contributed by atoms with E-state index in [0.29, 0.717) is 0 Å². The van der Waals surface area contributed by atoms with Crippen LogP contribution in [0.2, 0.25) is 0 Å². The van der Waals surface area contributed by atoms with Gasteiger partial charge < -0.3 is 15.0 Å². The zero-order valence-corrected chi connectivity index (χ0v) is 21.3. The second-order valence-electron chi connectivity index (χ2n) is 8.15. The highest BCUT2D eigenvalue weighted by atomic mass is 32.2. The summed E-state index contributed by atoms with van der Waals surface area (Å²) < 4.78 is 6.37. The number of rotatable bonds is 7. The van der Waals surface area contributed by atoms with Gasteiger partial charge in [-0.3, -0.25) is 0 Å². The summed E-state index contributed by atoms with van der Waals surface area (Å²) in [5.74, 6) is 0.866. The van der Waals surface area contributed by atoms with Crippen molar-refractivity contribution < 1.29 is 9.64 Å². The first-order valence-electron chi connectivity index (χ1n) is 11.4. The number of ether oxygens (including phenoxy) is 1. The minimum Gasteiger partial charge on any atom is -0.370 e. The molecule has 1 aliphatic rings. The minimum atomic E-state index is 0.760. The summed E-state index contributed by atoms with van der Waals surface area (Å²) in [6.45, 7) is 4.34. The summed E-state index contributed by atoms with van der Waals surface area (Å²) in [6.07, 6.45) is 0. The van der Waals surface area contributed by atoms with E-state index in [1.807, 2.05) is 36.4 Å². The summed E-state index contributed by atoms with van der Waals surface area (Å²) in [4.78, 5) is 12.5. The van der Waals surface area contributed by atoms with Crippen LogP contribution in [0.25, 0.3) is 21.3 Å². The molecule has 0 spiro atoms. The molecular weight excluding hydrogens is 497 g/mol. The number of para-hydroxylation sites is 1. The van der Waals surface area contributed by atoms with Gasteiger partial charge in [0.1, 0.15) is 29.5 Å².